The fourth-order valence-corrected chi connectivity index (χ4v) is 2.91. The van der Waals surface area contributed by atoms with Gasteiger partial charge >= 0.3 is 0 Å². The van der Waals surface area contributed by atoms with E-state index < -0.39 is 6.10 Å². The van der Waals surface area contributed by atoms with Crippen molar-refractivity contribution in [2.75, 3.05) is 7.11 Å². The molecule has 1 atom stereocenters. The first-order valence-corrected chi connectivity index (χ1v) is 7.31. The molecule has 0 spiro atoms. The van der Waals surface area contributed by atoms with Gasteiger partial charge in [-0.25, -0.2) is 0 Å². The molecular weight excluding hydrogens is 374 g/mol. The first kappa shape index (κ1) is 14.5. The molecular formula is C14H13Br2NO2. The largest absolute Gasteiger partial charge is 0.496 e. The minimum atomic E-state index is -0.643. The van der Waals surface area contributed by atoms with E-state index in [4.69, 9.17) is 4.74 Å². The number of halogens is 2. The highest BCUT2D eigenvalue weighted by Gasteiger charge is 2.14. The van der Waals surface area contributed by atoms with Crippen LogP contribution in [0.1, 0.15) is 17.4 Å². The Hall–Kier alpha value is -0.910. The molecule has 1 unspecified atom stereocenters. The summed E-state index contributed by atoms with van der Waals surface area (Å²) in [6.07, 6.45) is 1.53. The lowest BCUT2D eigenvalue weighted by Gasteiger charge is -2.12. The second-order valence-corrected chi connectivity index (χ2v) is 5.77. The van der Waals surface area contributed by atoms with Crippen LogP contribution in [-0.2, 0) is 6.42 Å². The molecule has 19 heavy (non-hydrogen) atoms. The van der Waals surface area contributed by atoms with E-state index in [0.717, 1.165) is 20.3 Å². The maximum atomic E-state index is 10.2. The van der Waals surface area contributed by atoms with E-state index in [1.165, 1.54) is 0 Å². The van der Waals surface area contributed by atoms with E-state index in [2.05, 4.69) is 36.8 Å². The van der Waals surface area contributed by atoms with Crippen molar-refractivity contribution in [1.82, 2.24) is 4.98 Å². The van der Waals surface area contributed by atoms with E-state index in [1.54, 1.807) is 13.3 Å². The van der Waals surface area contributed by atoms with Gasteiger partial charge in [-0.15, -0.1) is 0 Å². The van der Waals surface area contributed by atoms with Crippen LogP contribution in [0.3, 0.4) is 0 Å². The van der Waals surface area contributed by atoms with Crippen molar-refractivity contribution in [2.45, 2.75) is 12.5 Å². The van der Waals surface area contributed by atoms with Crippen molar-refractivity contribution in [1.29, 1.82) is 0 Å². The monoisotopic (exact) mass is 385 g/mol. The molecule has 2 aromatic rings. The predicted octanol–water partition coefficient (Wildman–Crippen LogP) is 3.89. The summed E-state index contributed by atoms with van der Waals surface area (Å²) in [6, 6.07) is 9.45. The van der Waals surface area contributed by atoms with Gasteiger partial charge in [0, 0.05) is 17.1 Å². The SMILES string of the molecule is COc1ccc(CC(O)c2ncccc2Br)cc1Br. The molecule has 0 bridgehead atoms. The highest BCUT2D eigenvalue weighted by Crippen LogP contribution is 2.29. The molecule has 0 amide bonds. The van der Waals surface area contributed by atoms with Crippen molar-refractivity contribution < 1.29 is 9.84 Å². The molecule has 0 aliphatic heterocycles. The molecule has 2 rings (SSSR count). The van der Waals surface area contributed by atoms with Gasteiger partial charge in [0.2, 0.25) is 0 Å². The number of hydrogen-bond acceptors (Lipinski definition) is 3. The minimum Gasteiger partial charge on any atom is -0.496 e. The third-order valence-corrected chi connectivity index (χ3v) is 4.04. The van der Waals surface area contributed by atoms with E-state index in [0.29, 0.717) is 12.1 Å². The number of benzene rings is 1. The zero-order valence-corrected chi connectivity index (χ0v) is 13.5. The van der Waals surface area contributed by atoms with Crippen molar-refractivity contribution in [3.8, 4) is 5.75 Å². The molecule has 3 nitrogen and oxygen atoms in total. The fraction of sp³-hybridized carbons (Fsp3) is 0.214. The molecule has 1 aromatic carbocycles. The van der Waals surface area contributed by atoms with Gasteiger partial charge in [-0.1, -0.05) is 6.07 Å². The molecule has 0 aliphatic rings. The number of hydrogen-bond donors (Lipinski definition) is 1. The molecule has 100 valence electrons. The normalized spacial score (nSPS) is 12.2. The van der Waals surface area contributed by atoms with Crippen molar-refractivity contribution in [3.05, 3.63) is 56.7 Å². The minimum absolute atomic E-state index is 0.498. The number of nitrogens with zero attached hydrogens (tertiary/aromatic N) is 1. The molecule has 0 aliphatic carbocycles. The lowest BCUT2D eigenvalue weighted by atomic mass is 10.1. The van der Waals surface area contributed by atoms with Crippen LogP contribution in [0.25, 0.3) is 0 Å². The third-order valence-electron chi connectivity index (χ3n) is 2.75. The Labute approximate surface area is 128 Å². The second kappa shape index (κ2) is 6.50. The van der Waals surface area contributed by atoms with Gasteiger partial charge in [-0.05, 0) is 61.7 Å². The highest BCUT2D eigenvalue weighted by molar-refractivity contribution is 9.10. The van der Waals surface area contributed by atoms with Gasteiger partial charge in [0.25, 0.3) is 0 Å². The average molecular weight is 387 g/mol. The first-order chi connectivity index (χ1) is 9.11. The van der Waals surface area contributed by atoms with Gasteiger partial charge < -0.3 is 9.84 Å². The molecule has 0 radical (unpaired) electrons. The molecule has 0 saturated carbocycles. The molecule has 5 heteroatoms. The number of ether oxygens (including phenoxy) is 1. The van der Waals surface area contributed by atoms with Crippen LogP contribution < -0.4 is 4.74 Å². The lowest BCUT2D eigenvalue weighted by molar-refractivity contribution is 0.172. The van der Waals surface area contributed by atoms with E-state index in [9.17, 15) is 5.11 Å². The number of aliphatic hydroxyl groups excluding tert-OH is 1. The Morgan fingerprint density at radius 3 is 2.68 bits per heavy atom. The van der Waals surface area contributed by atoms with E-state index in [-0.39, 0.29) is 0 Å². The van der Waals surface area contributed by atoms with Crippen LogP contribution in [-0.4, -0.2) is 17.2 Å². The van der Waals surface area contributed by atoms with Gasteiger partial charge in [0.1, 0.15) is 11.9 Å². The first-order valence-electron chi connectivity index (χ1n) is 5.72. The topological polar surface area (TPSA) is 42.4 Å². The summed E-state index contributed by atoms with van der Waals surface area (Å²) >= 11 is 6.83. The lowest BCUT2D eigenvalue weighted by Crippen LogP contribution is -2.05. The molecule has 1 aromatic heterocycles. The van der Waals surface area contributed by atoms with Crippen LogP contribution in [0.4, 0.5) is 0 Å². The Bertz CT molecular complexity index is 575. The van der Waals surface area contributed by atoms with Crippen LogP contribution in [0.5, 0.6) is 5.75 Å². The standard InChI is InChI=1S/C14H13Br2NO2/c1-19-13-5-4-9(7-11(13)16)8-12(18)14-10(15)3-2-6-17-14/h2-7,12,18H,8H2,1H3. The summed E-state index contributed by atoms with van der Waals surface area (Å²) in [4.78, 5) is 4.20. The Balaban J connectivity index is 2.17. The molecule has 1 heterocycles. The Kier molecular flexibility index (Phi) is 4.96. The number of aromatic nitrogens is 1. The van der Waals surface area contributed by atoms with Crippen LogP contribution >= 0.6 is 31.9 Å². The Morgan fingerprint density at radius 1 is 1.26 bits per heavy atom. The van der Waals surface area contributed by atoms with Crippen molar-refractivity contribution >= 4 is 31.9 Å². The summed E-state index contributed by atoms with van der Waals surface area (Å²) in [5.41, 5.74) is 1.66. The zero-order valence-electron chi connectivity index (χ0n) is 10.3. The average Bonchev–Trinajstić information content (AvgIpc) is 2.39. The number of methoxy groups -OCH3 is 1. The Morgan fingerprint density at radius 2 is 2.05 bits per heavy atom. The number of pyridine rings is 1. The summed E-state index contributed by atoms with van der Waals surface area (Å²) in [6.45, 7) is 0. The highest BCUT2D eigenvalue weighted by atomic mass is 79.9. The van der Waals surface area contributed by atoms with Crippen molar-refractivity contribution in [3.63, 3.8) is 0 Å². The van der Waals surface area contributed by atoms with Crippen LogP contribution in [0.2, 0.25) is 0 Å². The second-order valence-electron chi connectivity index (χ2n) is 4.06. The molecule has 0 fully saturated rings. The van der Waals surface area contributed by atoms with Crippen LogP contribution in [0, 0.1) is 0 Å². The number of aliphatic hydroxyl groups is 1. The summed E-state index contributed by atoms with van der Waals surface area (Å²) < 4.78 is 6.87. The van der Waals surface area contributed by atoms with Crippen molar-refractivity contribution in [2.24, 2.45) is 0 Å². The zero-order chi connectivity index (χ0) is 13.8. The fourth-order valence-electron chi connectivity index (χ4n) is 1.80. The smallest absolute Gasteiger partial charge is 0.133 e. The van der Waals surface area contributed by atoms with Gasteiger partial charge in [0.15, 0.2) is 0 Å². The van der Waals surface area contributed by atoms with Gasteiger partial charge in [-0.3, -0.25) is 4.98 Å². The van der Waals surface area contributed by atoms with E-state index >= 15 is 0 Å². The molecule has 0 saturated heterocycles. The quantitative estimate of drug-likeness (QED) is 0.866. The third kappa shape index (κ3) is 3.55. The van der Waals surface area contributed by atoms with Gasteiger partial charge in [-0.2, -0.15) is 0 Å². The van der Waals surface area contributed by atoms with Crippen LogP contribution in [0.15, 0.2) is 45.5 Å². The summed E-state index contributed by atoms with van der Waals surface area (Å²) in [5, 5.41) is 10.2. The van der Waals surface area contributed by atoms with E-state index in [1.807, 2.05) is 30.3 Å². The maximum absolute atomic E-state index is 10.2. The number of rotatable bonds is 4. The molecule has 1 N–H and O–H groups in total. The van der Waals surface area contributed by atoms with Gasteiger partial charge in [0.05, 0.1) is 17.3 Å². The predicted molar refractivity (Wildman–Crippen MR) is 81.3 cm³/mol. The summed E-state index contributed by atoms with van der Waals surface area (Å²) in [7, 11) is 1.62. The summed E-state index contributed by atoms with van der Waals surface area (Å²) in [5.74, 6) is 0.775. The maximum Gasteiger partial charge on any atom is 0.133 e.